The average Bonchev–Trinajstić information content (AvgIpc) is 2.77. The number of unbranched alkanes of at least 4 members (excludes halogenated alkanes) is 1. The summed E-state index contributed by atoms with van der Waals surface area (Å²) in [4.78, 5) is 20.6. The van der Waals surface area contributed by atoms with Gasteiger partial charge in [-0.2, -0.15) is 0 Å². The van der Waals surface area contributed by atoms with Gasteiger partial charge in [-0.1, -0.05) is 51.0 Å². The van der Waals surface area contributed by atoms with E-state index < -0.39 is 0 Å². The summed E-state index contributed by atoms with van der Waals surface area (Å²) in [7, 11) is 2.05. The molecule has 3 aromatic rings. The van der Waals surface area contributed by atoms with Crippen molar-refractivity contribution >= 4 is 22.7 Å². The van der Waals surface area contributed by atoms with Crippen molar-refractivity contribution in [2.24, 2.45) is 0 Å². The lowest BCUT2D eigenvalue weighted by molar-refractivity contribution is 0.423. The average molecular weight is 418 g/mol. The van der Waals surface area contributed by atoms with Crippen LogP contribution in [0.1, 0.15) is 62.3 Å². The maximum atomic E-state index is 13.6. The predicted molar refractivity (Wildman–Crippen MR) is 128 cm³/mol. The Bertz CT molecular complexity index is 1160. The number of likely N-dealkylation sites (N-methyl/N-ethyl adjacent to an activating group) is 1. The third-order valence-corrected chi connectivity index (χ3v) is 6.31. The van der Waals surface area contributed by atoms with Crippen LogP contribution in [0.15, 0.2) is 47.5 Å². The van der Waals surface area contributed by atoms with E-state index in [1.807, 2.05) is 22.8 Å². The lowest BCUT2D eigenvalue weighted by Crippen LogP contribution is -2.27. The first-order valence-corrected chi connectivity index (χ1v) is 11.3. The molecule has 2 aromatic carbocycles. The van der Waals surface area contributed by atoms with E-state index in [4.69, 9.17) is 4.98 Å². The van der Waals surface area contributed by atoms with Gasteiger partial charge in [-0.25, -0.2) is 4.98 Å². The molecule has 1 N–H and O–H groups in total. The van der Waals surface area contributed by atoms with Crippen LogP contribution in [-0.2, 0) is 6.42 Å². The zero-order chi connectivity index (χ0) is 22.0. The van der Waals surface area contributed by atoms with Crippen LogP contribution in [-0.4, -0.2) is 28.3 Å². The summed E-state index contributed by atoms with van der Waals surface area (Å²) >= 11 is 0. The van der Waals surface area contributed by atoms with Crippen molar-refractivity contribution in [1.29, 1.82) is 0 Å². The number of phenolic OH excluding ortho intramolecular Hbond substituents is 1. The van der Waals surface area contributed by atoms with E-state index in [-0.39, 0.29) is 17.4 Å². The van der Waals surface area contributed by atoms with E-state index in [2.05, 4.69) is 37.9 Å². The summed E-state index contributed by atoms with van der Waals surface area (Å²) in [5.41, 5.74) is 5.18. The Morgan fingerprint density at radius 1 is 1.19 bits per heavy atom. The Labute approximate surface area is 183 Å². The van der Waals surface area contributed by atoms with Crippen LogP contribution in [0.2, 0.25) is 0 Å². The zero-order valence-corrected chi connectivity index (χ0v) is 18.6. The number of fused-ring (bicyclic) bond motifs is 3. The largest absolute Gasteiger partial charge is 0.508 e. The van der Waals surface area contributed by atoms with Crippen LogP contribution in [0.4, 0.5) is 5.69 Å². The predicted octanol–water partition coefficient (Wildman–Crippen LogP) is 5.30. The first-order chi connectivity index (χ1) is 15.0. The monoisotopic (exact) mass is 417 g/mol. The van der Waals surface area contributed by atoms with E-state index in [0.717, 1.165) is 60.1 Å². The highest BCUT2D eigenvalue weighted by Gasteiger charge is 2.22. The first-order valence-electron chi connectivity index (χ1n) is 11.3. The Morgan fingerprint density at radius 3 is 2.68 bits per heavy atom. The van der Waals surface area contributed by atoms with Gasteiger partial charge in [0.2, 0.25) is 0 Å². The molecule has 162 valence electrons. The lowest BCUT2D eigenvalue weighted by atomic mass is 9.93. The molecule has 0 saturated heterocycles. The number of aromatic hydroxyl groups is 1. The van der Waals surface area contributed by atoms with Gasteiger partial charge in [0.25, 0.3) is 5.56 Å². The molecule has 0 spiro atoms. The molecule has 0 fully saturated rings. The number of phenols is 1. The van der Waals surface area contributed by atoms with Crippen molar-refractivity contribution < 1.29 is 5.11 Å². The topological polar surface area (TPSA) is 58.4 Å². The van der Waals surface area contributed by atoms with Gasteiger partial charge >= 0.3 is 0 Å². The second-order valence-corrected chi connectivity index (χ2v) is 8.48. The number of nitrogens with zero attached hydrogens (tertiary/aromatic N) is 3. The molecular formula is C26H31N3O2. The summed E-state index contributed by atoms with van der Waals surface area (Å²) in [6, 6.07) is 9.49. The second kappa shape index (κ2) is 8.96. The molecule has 1 aliphatic heterocycles. The molecule has 1 aliphatic rings. The van der Waals surface area contributed by atoms with Crippen LogP contribution >= 0.6 is 0 Å². The highest BCUT2D eigenvalue weighted by molar-refractivity contribution is 5.97. The molecule has 0 saturated carbocycles. The van der Waals surface area contributed by atoms with Gasteiger partial charge in [-0.15, -0.1) is 0 Å². The smallest absolute Gasteiger partial charge is 0.261 e. The molecule has 0 radical (unpaired) electrons. The van der Waals surface area contributed by atoms with Crippen molar-refractivity contribution in [2.75, 3.05) is 18.5 Å². The fourth-order valence-electron chi connectivity index (χ4n) is 4.54. The van der Waals surface area contributed by atoms with Gasteiger partial charge in [0, 0.05) is 25.2 Å². The van der Waals surface area contributed by atoms with Gasteiger partial charge in [-0.05, 0) is 48.6 Å². The van der Waals surface area contributed by atoms with Crippen LogP contribution in [0, 0.1) is 0 Å². The van der Waals surface area contributed by atoms with E-state index in [1.54, 1.807) is 18.5 Å². The van der Waals surface area contributed by atoms with Crippen LogP contribution < -0.4 is 10.5 Å². The maximum Gasteiger partial charge on any atom is 0.261 e. The number of rotatable bonds is 7. The van der Waals surface area contributed by atoms with E-state index in [9.17, 15) is 9.90 Å². The molecule has 1 atom stereocenters. The van der Waals surface area contributed by atoms with Crippen LogP contribution in [0.5, 0.6) is 5.75 Å². The maximum absolute atomic E-state index is 13.6. The van der Waals surface area contributed by atoms with E-state index in [0.29, 0.717) is 11.8 Å². The van der Waals surface area contributed by atoms with Gasteiger partial charge in [-0.3, -0.25) is 9.36 Å². The quantitative estimate of drug-likeness (QED) is 0.567. The van der Waals surface area contributed by atoms with Gasteiger partial charge in [0.1, 0.15) is 11.3 Å². The molecule has 31 heavy (non-hydrogen) atoms. The van der Waals surface area contributed by atoms with Crippen molar-refractivity contribution in [1.82, 2.24) is 9.55 Å². The SMILES string of the molecule is CCCCC(CC)n1cnc2c3c(c(Cc4ccc(O)cc4)cc2c1=O)C=CCN3C. The minimum absolute atomic E-state index is 0.0469. The minimum atomic E-state index is 0.0469. The highest BCUT2D eigenvalue weighted by atomic mass is 16.3. The molecule has 5 heteroatoms. The van der Waals surface area contributed by atoms with Crippen molar-refractivity contribution in [3.63, 3.8) is 0 Å². The van der Waals surface area contributed by atoms with Gasteiger partial charge < -0.3 is 10.0 Å². The summed E-state index contributed by atoms with van der Waals surface area (Å²) < 4.78 is 1.84. The fourth-order valence-corrected chi connectivity index (χ4v) is 4.54. The molecule has 1 unspecified atom stereocenters. The standard InChI is InChI=1S/C26H31N3O2/c1-4-6-8-20(5-2)29-17-27-24-23(26(29)31)16-19(15-18-10-12-21(30)13-11-18)22-9-7-14-28(3)25(22)24/h7,9-13,16-17,20,30H,4-6,8,14-15H2,1-3H3. The molecule has 2 heterocycles. The molecule has 0 amide bonds. The third-order valence-electron chi connectivity index (χ3n) is 6.31. The number of benzene rings is 2. The van der Waals surface area contributed by atoms with Crippen molar-refractivity contribution in [2.45, 2.75) is 52.0 Å². The Kier molecular flexibility index (Phi) is 6.12. The number of aromatic nitrogens is 2. The Hall–Kier alpha value is -3.08. The van der Waals surface area contributed by atoms with Crippen molar-refractivity contribution in [3.8, 4) is 5.75 Å². The summed E-state index contributed by atoms with van der Waals surface area (Å²) in [6.45, 7) is 5.11. The Balaban J connectivity index is 1.89. The summed E-state index contributed by atoms with van der Waals surface area (Å²) in [5.74, 6) is 0.258. The third kappa shape index (κ3) is 4.09. The summed E-state index contributed by atoms with van der Waals surface area (Å²) in [6.07, 6.45) is 10.9. The fraction of sp³-hybridized carbons (Fsp3) is 0.385. The molecule has 4 rings (SSSR count). The van der Waals surface area contributed by atoms with E-state index >= 15 is 0 Å². The van der Waals surface area contributed by atoms with Crippen LogP contribution in [0.3, 0.4) is 0 Å². The lowest BCUT2D eigenvalue weighted by Gasteiger charge is -2.27. The normalized spacial score (nSPS) is 14.1. The second-order valence-electron chi connectivity index (χ2n) is 8.48. The zero-order valence-electron chi connectivity index (χ0n) is 18.6. The molecular weight excluding hydrogens is 386 g/mol. The van der Waals surface area contributed by atoms with Crippen molar-refractivity contribution in [3.05, 3.63) is 69.8 Å². The number of hydrogen-bond donors (Lipinski definition) is 1. The Morgan fingerprint density at radius 2 is 1.97 bits per heavy atom. The summed E-state index contributed by atoms with van der Waals surface area (Å²) in [5, 5.41) is 10.3. The number of hydrogen-bond acceptors (Lipinski definition) is 4. The van der Waals surface area contributed by atoms with Crippen LogP contribution in [0.25, 0.3) is 17.0 Å². The van der Waals surface area contributed by atoms with Gasteiger partial charge in [0.05, 0.1) is 17.4 Å². The minimum Gasteiger partial charge on any atom is -0.508 e. The first kappa shape index (κ1) is 21.2. The highest BCUT2D eigenvalue weighted by Crippen LogP contribution is 2.35. The molecule has 1 aromatic heterocycles. The molecule has 5 nitrogen and oxygen atoms in total. The van der Waals surface area contributed by atoms with E-state index in [1.165, 1.54) is 0 Å². The molecule has 0 aliphatic carbocycles. The number of anilines is 1. The molecule has 0 bridgehead atoms. The van der Waals surface area contributed by atoms with Gasteiger partial charge in [0.15, 0.2) is 0 Å².